The van der Waals surface area contributed by atoms with E-state index in [0.717, 1.165) is 0 Å². The van der Waals surface area contributed by atoms with E-state index in [2.05, 4.69) is 38.1 Å². The Bertz CT molecular complexity index is 250. The Morgan fingerprint density at radius 2 is 1.86 bits per heavy atom. The summed E-state index contributed by atoms with van der Waals surface area (Å²) in [5.41, 5.74) is 2.69. The first-order valence-electron chi connectivity index (χ1n) is 5.39. The molecule has 0 spiro atoms. The van der Waals surface area contributed by atoms with Crippen molar-refractivity contribution in [2.75, 3.05) is 7.11 Å². The normalized spacial score (nSPS) is 12.8. The zero-order chi connectivity index (χ0) is 10.4. The third kappa shape index (κ3) is 3.15. The number of hydrogen-bond donors (Lipinski definition) is 0. The first kappa shape index (κ1) is 11.3. The van der Waals surface area contributed by atoms with Crippen molar-refractivity contribution >= 4 is 0 Å². The van der Waals surface area contributed by atoms with Gasteiger partial charge in [-0.2, -0.15) is 0 Å². The minimum absolute atomic E-state index is 0.204. The summed E-state index contributed by atoms with van der Waals surface area (Å²) in [5, 5.41) is 0. The molecule has 78 valence electrons. The number of ether oxygens (including phenoxy) is 1. The average Bonchev–Trinajstić information content (AvgIpc) is 2.26. The molecule has 0 aromatic heterocycles. The lowest BCUT2D eigenvalue weighted by Crippen LogP contribution is -1.95. The highest BCUT2D eigenvalue weighted by molar-refractivity contribution is 5.24. The molecule has 14 heavy (non-hydrogen) atoms. The third-order valence-electron chi connectivity index (χ3n) is 2.62. The number of benzene rings is 1. The van der Waals surface area contributed by atoms with Crippen molar-refractivity contribution in [3.63, 3.8) is 0 Å². The lowest BCUT2D eigenvalue weighted by atomic mass is 10.0. The number of unbranched alkanes of at least 4 members (excludes halogenated alkanes) is 1. The fourth-order valence-electron chi connectivity index (χ4n) is 1.47. The Labute approximate surface area is 87.1 Å². The Morgan fingerprint density at radius 3 is 2.36 bits per heavy atom. The molecule has 0 saturated carbocycles. The fourth-order valence-corrected chi connectivity index (χ4v) is 1.47. The summed E-state index contributed by atoms with van der Waals surface area (Å²) in [6.45, 7) is 4.29. The SMILES string of the molecule is CCCCc1ccc(C(C)OC)cc1. The Hall–Kier alpha value is -0.820. The van der Waals surface area contributed by atoms with Crippen LogP contribution in [0.25, 0.3) is 0 Å². The van der Waals surface area contributed by atoms with Crippen molar-refractivity contribution in [2.45, 2.75) is 39.2 Å². The van der Waals surface area contributed by atoms with E-state index in [-0.39, 0.29) is 6.10 Å². The van der Waals surface area contributed by atoms with Crippen molar-refractivity contribution in [2.24, 2.45) is 0 Å². The molecule has 0 bridgehead atoms. The van der Waals surface area contributed by atoms with Crippen LogP contribution in [0.1, 0.15) is 43.9 Å². The fraction of sp³-hybridized carbons (Fsp3) is 0.538. The number of hydrogen-bond acceptors (Lipinski definition) is 1. The highest BCUT2D eigenvalue weighted by Crippen LogP contribution is 2.16. The summed E-state index contributed by atoms with van der Waals surface area (Å²) in [6, 6.07) is 8.75. The summed E-state index contributed by atoms with van der Waals surface area (Å²) in [7, 11) is 1.75. The topological polar surface area (TPSA) is 9.23 Å². The largest absolute Gasteiger partial charge is 0.377 e. The van der Waals surface area contributed by atoms with E-state index in [1.165, 1.54) is 30.4 Å². The molecule has 0 fully saturated rings. The lowest BCUT2D eigenvalue weighted by molar-refractivity contribution is 0.119. The predicted octanol–water partition coefficient (Wildman–Crippen LogP) is 3.74. The molecule has 1 nitrogen and oxygen atoms in total. The standard InChI is InChI=1S/C13H20O/c1-4-5-6-12-7-9-13(10-8-12)11(2)14-3/h7-11H,4-6H2,1-3H3. The van der Waals surface area contributed by atoms with Crippen molar-refractivity contribution < 1.29 is 4.74 Å². The van der Waals surface area contributed by atoms with Crippen LogP contribution < -0.4 is 0 Å². The van der Waals surface area contributed by atoms with Crippen LogP contribution in [0.3, 0.4) is 0 Å². The average molecular weight is 192 g/mol. The summed E-state index contributed by atoms with van der Waals surface area (Å²) in [4.78, 5) is 0. The van der Waals surface area contributed by atoms with E-state index in [9.17, 15) is 0 Å². The molecule has 1 rings (SSSR count). The molecule has 1 heteroatoms. The molecular weight excluding hydrogens is 172 g/mol. The van der Waals surface area contributed by atoms with Gasteiger partial charge in [0.2, 0.25) is 0 Å². The van der Waals surface area contributed by atoms with Crippen LogP contribution in [0.15, 0.2) is 24.3 Å². The number of rotatable bonds is 5. The smallest absolute Gasteiger partial charge is 0.0793 e. The minimum Gasteiger partial charge on any atom is -0.377 e. The third-order valence-corrected chi connectivity index (χ3v) is 2.62. The quantitative estimate of drug-likeness (QED) is 0.690. The van der Waals surface area contributed by atoms with E-state index in [4.69, 9.17) is 4.74 Å². The molecule has 1 aromatic rings. The predicted molar refractivity (Wildman–Crippen MR) is 60.5 cm³/mol. The molecule has 1 atom stereocenters. The van der Waals surface area contributed by atoms with Gasteiger partial charge in [0.25, 0.3) is 0 Å². The Kier molecular flexibility index (Phi) is 4.68. The summed E-state index contributed by atoms with van der Waals surface area (Å²) in [6.07, 6.45) is 3.93. The van der Waals surface area contributed by atoms with Gasteiger partial charge in [0.05, 0.1) is 6.10 Å². The van der Waals surface area contributed by atoms with Gasteiger partial charge in [-0.25, -0.2) is 0 Å². The lowest BCUT2D eigenvalue weighted by Gasteiger charge is -2.10. The van der Waals surface area contributed by atoms with Gasteiger partial charge >= 0.3 is 0 Å². The molecule has 1 aromatic carbocycles. The molecule has 0 radical (unpaired) electrons. The Morgan fingerprint density at radius 1 is 1.21 bits per heavy atom. The monoisotopic (exact) mass is 192 g/mol. The van der Waals surface area contributed by atoms with Crippen LogP contribution in [0.5, 0.6) is 0 Å². The van der Waals surface area contributed by atoms with Gasteiger partial charge in [-0.1, -0.05) is 37.6 Å². The highest BCUT2D eigenvalue weighted by atomic mass is 16.5. The summed E-state index contributed by atoms with van der Waals surface area (Å²) in [5.74, 6) is 0. The summed E-state index contributed by atoms with van der Waals surface area (Å²) >= 11 is 0. The second-order valence-electron chi connectivity index (χ2n) is 3.72. The second kappa shape index (κ2) is 5.82. The molecule has 0 aliphatic rings. The second-order valence-corrected chi connectivity index (χ2v) is 3.72. The number of aryl methyl sites for hydroxylation is 1. The van der Waals surface area contributed by atoms with E-state index >= 15 is 0 Å². The van der Waals surface area contributed by atoms with Crippen molar-refractivity contribution in [3.05, 3.63) is 35.4 Å². The maximum atomic E-state index is 5.26. The van der Waals surface area contributed by atoms with Gasteiger partial charge in [-0.3, -0.25) is 0 Å². The van der Waals surface area contributed by atoms with Crippen LogP contribution in [0.4, 0.5) is 0 Å². The van der Waals surface area contributed by atoms with Crippen LogP contribution in [0, 0.1) is 0 Å². The van der Waals surface area contributed by atoms with E-state index < -0.39 is 0 Å². The maximum absolute atomic E-state index is 5.26. The van der Waals surface area contributed by atoms with Crippen molar-refractivity contribution in [1.29, 1.82) is 0 Å². The summed E-state index contributed by atoms with van der Waals surface area (Å²) < 4.78 is 5.26. The number of methoxy groups -OCH3 is 1. The minimum atomic E-state index is 0.204. The van der Waals surface area contributed by atoms with Crippen LogP contribution in [0.2, 0.25) is 0 Å². The van der Waals surface area contributed by atoms with Crippen molar-refractivity contribution in [3.8, 4) is 0 Å². The van der Waals surface area contributed by atoms with Gasteiger partial charge in [-0.15, -0.1) is 0 Å². The van der Waals surface area contributed by atoms with E-state index in [1.807, 2.05) is 0 Å². The molecule has 1 unspecified atom stereocenters. The molecule has 0 N–H and O–H groups in total. The van der Waals surface area contributed by atoms with Crippen LogP contribution >= 0.6 is 0 Å². The van der Waals surface area contributed by atoms with Crippen LogP contribution in [-0.2, 0) is 11.2 Å². The van der Waals surface area contributed by atoms with Gasteiger partial charge in [0, 0.05) is 7.11 Å². The molecule has 0 amide bonds. The molecule has 0 saturated heterocycles. The zero-order valence-electron chi connectivity index (χ0n) is 9.42. The van der Waals surface area contributed by atoms with Gasteiger partial charge in [0.15, 0.2) is 0 Å². The van der Waals surface area contributed by atoms with Gasteiger partial charge in [0.1, 0.15) is 0 Å². The van der Waals surface area contributed by atoms with Crippen LogP contribution in [-0.4, -0.2) is 7.11 Å². The first-order valence-corrected chi connectivity index (χ1v) is 5.39. The zero-order valence-corrected chi connectivity index (χ0v) is 9.42. The molecular formula is C13H20O. The molecule has 0 aliphatic heterocycles. The Balaban J connectivity index is 2.59. The highest BCUT2D eigenvalue weighted by Gasteiger charge is 2.02. The van der Waals surface area contributed by atoms with Crippen molar-refractivity contribution in [1.82, 2.24) is 0 Å². The maximum Gasteiger partial charge on any atom is 0.0793 e. The van der Waals surface area contributed by atoms with Gasteiger partial charge < -0.3 is 4.74 Å². The van der Waals surface area contributed by atoms with E-state index in [0.29, 0.717) is 0 Å². The molecule has 0 aliphatic carbocycles. The first-order chi connectivity index (χ1) is 6.77. The van der Waals surface area contributed by atoms with E-state index in [1.54, 1.807) is 7.11 Å². The van der Waals surface area contributed by atoms with Gasteiger partial charge in [-0.05, 0) is 30.9 Å². The molecule has 0 heterocycles.